The van der Waals surface area contributed by atoms with Crippen molar-refractivity contribution < 1.29 is 0 Å². The smallest absolute Gasteiger partial charge is 0.0918 e. The van der Waals surface area contributed by atoms with E-state index in [0.29, 0.717) is 6.67 Å². The number of hydrogen-bond acceptors (Lipinski definition) is 3. The van der Waals surface area contributed by atoms with E-state index in [1.807, 2.05) is 24.3 Å². The summed E-state index contributed by atoms with van der Waals surface area (Å²) in [6, 6.07) is 7.96. The molecule has 4 heteroatoms. The Morgan fingerprint density at radius 2 is 2.25 bits per heavy atom. The number of nitrogens with zero attached hydrogens (tertiary/aromatic N) is 2. The van der Waals surface area contributed by atoms with Gasteiger partial charge in [-0.15, -0.1) is 0 Å². The maximum atomic E-state index is 5.34. The van der Waals surface area contributed by atoms with Crippen molar-refractivity contribution in [3.05, 3.63) is 30.5 Å². The zero-order valence-electron chi connectivity index (χ0n) is 6.57. The Bertz CT molecular complexity index is 379. The molecule has 0 bridgehead atoms. The molecule has 0 saturated heterocycles. The summed E-state index contributed by atoms with van der Waals surface area (Å²) >= 11 is 0. The summed E-state index contributed by atoms with van der Waals surface area (Å²) in [7, 11) is 0. The van der Waals surface area contributed by atoms with Crippen molar-refractivity contribution in [2.45, 2.75) is 0 Å². The van der Waals surface area contributed by atoms with Crippen LogP contribution in [0, 0.1) is 0 Å². The Morgan fingerprint density at radius 3 is 3.08 bits per heavy atom. The van der Waals surface area contributed by atoms with Crippen LogP contribution >= 0.6 is 0 Å². The number of rotatable bonds is 2. The first-order chi connectivity index (χ1) is 5.92. The fourth-order valence-corrected chi connectivity index (χ4v) is 1.18. The van der Waals surface area contributed by atoms with Crippen LogP contribution in [0.3, 0.4) is 0 Å². The highest BCUT2D eigenvalue weighted by molar-refractivity contribution is 5.78. The summed E-state index contributed by atoms with van der Waals surface area (Å²) < 4.78 is 0. The molecule has 12 heavy (non-hydrogen) atoms. The number of aromatic nitrogens is 2. The maximum Gasteiger partial charge on any atom is 0.0918 e. The van der Waals surface area contributed by atoms with Gasteiger partial charge < -0.3 is 5.73 Å². The second kappa shape index (κ2) is 2.83. The second-order valence-electron chi connectivity index (χ2n) is 2.48. The zero-order chi connectivity index (χ0) is 8.39. The van der Waals surface area contributed by atoms with Crippen molar-refractivity contribution in [3.8, 4) is 0 Å². The van der Waals surface area contributed by atoms with Gasteiger partial charge >= 0.3 is 0 Å². The van der Waals surface area contributed by atoms with E-state index in [0.717, 1.165) is 10.9 Å². The molecular formula is C8H10N4. The molecule has 62 valence electrons. The van der Waals surface area contributed by atoms with Gasteiger partial charge in [-0.2, -0.15) is 9.89 Å². The lowest BCUT2D eigenvalue weighted by atomic mass is 10.3. The molecule has 0 amide bonds. The molecule has 3 N–H and O–H groups in total. The number of nitrogens with two attached hydrogens (primary N) is 1. The van der Waals surface area contributed by atoms with E-state index < -0.39 is 0 Å². The standard InChI is InChI=1S/C8H10N4/c9-6-11-12-8-4-2-1-3-7(8)5-10-12/h1-5,11H,6,9H2. The van der Waals surface area contributed by atoms with Crippen molar-refractivity contribution in [1.82, 2.24) is 9.89 Å². The Balaban J connectivity index is 2.55. The quantitative estimate of drug-likeness (QED) is 0.632. The van der Waals surface area contributed by atoms with Gasteiger partial charge in [0.25, 0.3) is 0 Å². The normalized spacial score (nSPS) is 10.4. The summed E-state index contributed by atoms with van der Waals surface area (Å²) in [5.41, 5.74) is 9.30. The van der Waals surface area contributed by atoms with Crippen LogP contribution in [-0.4, -0.2) is 16.6 Å². The van der Waals surface area contributed by atoms with Crippen molar-refractivity contribution in [2.75, 3.05) is 12.1 Å². The summed E-state index contributed by atoms with van der Waals surface area (Å²) in [6.45, 7) is 0.381. The van der Waals surface area contributed by atoms with Crippen LogP contribution in [0.25, 0.3) is 10.9 Å². The average molecular weight is 162 g/mol. The molecule has 0 fully saturated rings. The van der Waals surface area contributed by atoms with Crippen LogP contribution in [0.4, 0.5) is 0 Å². The predicted molar refractivity (Wildman–Crippen MR) is 48.1 cm³/mol. The van der Waals surface area contributed by atoms with Crippen LogP contribution < -0.4 is 11.2 Å². The lowest BCUT2D eigenvalue weighted by Crippen LogP contribution is -2.22. The minimum Gasteiger partial charge on any atom is -0.313 e. The molecule has 4 nitrogen and oxygen atoms in total. The first-order valence-electron chi connectivity index (χ1n) is 3.78. The lowest BCUT2D eigenvalue weighted by molar-refractivity contribution is 0.763. The van der Waals surface area contributed by atoms with E-state index in [-0.39, 0.29) is 0 Å². The summed E-state index contributed by atoms with van der Waals surface area (Å²) in [5, 5.41) is 5.22. The Morgan fingerprint density at radius 1 is 1.42 bits per heavy atom. The Kier molecular flexibility index (Phi) is 1.68. The number of fused-ring (bicyclic) bond motifs is 1. The molecule has 0 radical (unpaired) electrons. The molecule has 0 aliphatic heterocycles. The first kappa shape index (κ1) is 7.12. The van der Waals surface area contributed by atoms with Gasteiger partial charge in [0.1, 0.15) is 0 Å². The molecule has 2 rings (SSSR count). The lowest BCUT2D eigenvalue weighted by Gasteiger charge is -2.02. The van der Waals surface area contributed by atoms with Crippen LogP contribution in [-0.2, 0) is 0 Å². The number of para-hydroxylation sites is 1. The number of nitrogens with one attached hydrogen (secondary N) is 1. The van der Waals surface area contributed by atoms with Gasteiger partial charge in [-0.3, -0.25) is 5.43 Å². The first-order valence-corrected chi connectivity index (χ1v) is 3.78. The molecule has 1 aromatic heterocycles. The fraction of sp³-hybridized carbons (Fsp3) is 0.125. The SMILES string of the molecule is NCNn1ncc2ccccc21. The van der Waals surface area contributed by atoms with Gasteiger partial charge in [-0.1, -0.05) is 18.2 Å². The zero-order valence-corrected chi connectivity index (χ0v) is 6.57. The monoisotopic (exact) mass is 162 g/mol. The van der Waals surface area contributed by atoms with Crippen molar-refractivity contribution in [3.63, 3.8) is 0 Å². The van der Waals surface area contributed by atoms with Crippen LogP contribution in [0.15, 0.2) is 30.5 Å². The minimum atomic E-state index is 0.381. The van der Waals surface area contributed by atoms with Crippen LogP contribution in [0.1, 0.15) is 0 Å². The van der Waals surface area contributed by atoms with Gasteiger partial charge in [0.05, 0.1) is 18.4 Å². The van der Waals surface area contributed by atoms with Gasteiger partial charge in [0.15, 0.2) is 0 Å². The van der Waals surface area contributed by atoms with E-state index in [9.17, 15) is 0 Å². The highest BCUT2D eigenvalue weighted by atomic mass is 15.6. The van der Waals surface area contributed by atoms with Gasteiger partial charge in [-0.05, 0) is 6.07 Å². The number of hydrogen-bond donors (Lipinski definition) is 2. The highest BCUT2D eigenvalue weighted by Crippen LogP contribution is 2.10. The van der Waals surface area contributed by atoms with Crippen molar-refractivity contribution in [2.24, 2.45) is 5.73 Å². The molecule has 0 atom stereocenters. The van der Waals surface area contributed by atoms with E-state index in [4.69, 9.17) is 5.73 Å². The topological polar surface area (TPSA) is 55.9 Å². The maximum absolute atomic E-state index is 5.34. The molecule has 0 saturated carbocycles. The fourth-order valence-electron chi connectivity index (χ4n) is 1.18. The van der Waals surface area contributed by atoms with Crippen LogP contribution in [0.5, 0.6) is 0 Å². The molecule has 0 spiro atoms. The van der Waals surface area contributed by atoms with Gasteiger partial charge in [-0.25, -0.2) is 0 Å². The summed E-state index contributed by atoms with van der Waals surface area (Å²) in [4.78, 5) is 1.68. The van der Waals surface area contributed by atoms with E-state index in [1.165, 1.54) is 0 Å². The largest absolute Gasteiger partial charge is 0.313 e. The summed E-state index contributed by atoms with van der Waals surface area (Å²) in [5.74, 6) is 0. The third kappa shape index (κ3) is 1.02. The average Bonchev–Trinajstić information content (AvgIpc) is 2.50. The van der Waals surface area contributed by atoms with E-state index in [1.54, 1.807) is 11.0 Å². The summed E-state index contributed by atoms with van der Waals surface area (Å²) in [6.07, 6.45) is 1.80. The van der Waals surface area contributed by atoms with Gasteiger partial charge in [0, 0.05) is 5.39 Å². The Labute approximate surface area is 69.9 Å². The highest BCUT2D eigenvalue weighted by Gasteiger charge is 1.97. The third-order valence-electron chi connectivity index (χ3n) is 1.72. The molecule has 0 unspecified atom stereocenters. The van der Waals surface area contributed by atoms with Crippen molar-refractivity contribution in [1.29, 1.82) is 0 Å². The number of benzene rings is 1. The molecule has 0 aliphatic carbocycles. The second-order valence-corrected chi connectivity index (χ2v) is 2.48. The predicted octanol–water partition coefficient (Wildman–Crippen LogP) is 0.496. The molecule has 0 aliphatic rings. The molecule has 1 aromatic carbocycles. The molecular weight excluding hydrogens is 152 g/mol. The third-order valence-corrected chi connectivity index (χ3v) is 1.72. The van der Waals surface area contributed by atoms with Gasteiger partial charge in [0.2, 0.25) is 0 Å². The van der Waals surface area contributed by atoms with E-state index in [2.05, 4.69) is 10.5 Å². The Hall–Kier alpha value is -1.55. The molecule has 1 heterocycles. The van der Waals surface area contributed by atoms with Crippen molar-refractivity contribution >= 4 is 10.9 Å². The van der Waals surface area contributed by atoms with E-state index >= 15 is 0 Å². The minimum absolute atomic E-state index is 0.381. The molecule has 2 aromatic rings. The van der Waals surface area contributed by atoms with Crippen LogP contribution in [0.2, 0.25) is 0 Å².